The summed E-state index contributed by atoms with van der Waals surface area (Å²) in [7, 11) is -2.30. The fraction of sp³-hybridized carbons (Fsp3) is 0.346. The van der Waals surface area contributed by atoms with Crippen molar-refractivity contribution in [1.82, 2.24) is 14.1 Å². The maximum atomic E-state index is 14.3. The number of furan rings is 1. The molecule has 36 heavy (non-hydrogen) atoms. The van der Waals surface area contributed by atoms with Gasteiger partial charge in [0.05, 0.1) is 29.8 Å². The summed E-state index contributed by atoms with van der Waals surface area (Å²) in [4.78, 5) is 2.27. The first kappa shape index (κ1) is 24.5. The van der Waals surface area contributed by atoms with E-state index in [1.807, 2.05) is 0 Å². The number of rotatable bonds is 8. The van der Waals surface area contributed by atoms with Crippen molar-refractivity contribution in [2.24, 2.45) is 0 Å². The van der Waals surface area contributed by atoms with Crippen LogP contribution < -0.4 is 4.90 Å². The summed E-state index contributed by atoms with van der Waals surface area (Å²) in [5.41, 5.74) is 1.12. The minimum absolute atomic E-state index is 0.0462. The van der Waals surface area contributed by atoms with Gasteiger partial charge in [0.25, 0.3) is 5.92 Å². The number of aromatic nitrogens is 2. The second kappa shape index (κ2) is 9.33. The molecule has 0 atom stereocenters. The van der Waals surface area contributed by atoms with Gasteiger partial charge in [-0.15, -0.1) is 0 Å². The molecule has 190 valence electrons. The molecule has 0 amide bonds. The van der Waals surface area contributed by atoms with Gasteiger partial charge in [-0.25, -0.2) is 17.2 Å². The molecular formula is C26H28F2N4O3S. The van der Waals surface area contributed by atoms with E-state index in [0.29, 0.717) is 28.0 Å². The Morgan fingerprint density at radius 3 is 2.53 bits per heavy atom. The third-order valence-electron chi connectivity index (χ3n) is 6.59. The van der Waals surface area contributed by atoms with Crippen LogP contribution in [0.5, 0.6) is 0 Å². The van der Waals surface area contributed by atoms with E-state index in [4.69, 9.17) is 9.52 Å². The van der Waals surface area contributed by atoms with Crippen molar-refractivity contribution >= 4 is 26.7 Å². The molecule has 0 bridgehead atoms. The zero-order valence-electron chi connectivity index (χ0n) is 20.2. The lowest BCUT2D eigenvalue weighted by atomic mass is 10.0. The monoisotopic (exact) mass is 514 g/mol. The predicted molar refractivity (Wildman–Crippen MR) is 134 cm³/mol. The summed E-state index contributed by atoms with van der Waals surface area (Å²) >= 11 is 0. The van der Waals surface area contributed by atoms with Crippen LogP contribution in [0, 0.1) is 0 Å². The number of hydrogen-bond donors (Lipinski definition) is 0. The molecule has 0 spiro atoms. The van der Waals surface area contributed by atoms with Crippen LogP contribution in [0.2, 0.25) is 0 Å². The molecule has 0 saturated carbocycles. The van der Waals surface area contributed by atoms with Crippen molar-refractivity contribution in [3.63, 3.8) is 0 Å². The largest absolute Gasteiger partial charge is 0.468 e. The number of hydrogen-bond acceptors (Lipinski definition) is 5. The van der Waals surface area contributed by atoms with Crippen molar-refractivity contribution < 1.29 is 21.6 Å². The molecule has 10 heteroatoms. The van der Waals surface area contributed by atoms with E-state index in [-0.39, 0.29) is 23.5 Å². The molecule has 0 N–H and O–H groups in total. The number of nitrogens with zero attached hydrogens (tertiary/aromatic N) is 4. The highest BCUT2D eigenvalue weighted by molar-refractivity contribution is 7.89. The fourth-order valence-electron chi connectivity index (χ4n) is 4.72. The lowest BCUT2D eigenvalue weighted by molar-refractivity contribution is 0.0164. The number of halogens is 2. The lowest BCUT2D eigenvalue weighted by Gasteiger charge is -2.17. The first-order valence-corrected chi connectivity index (χ1v) is 13.3. The van der Waals surface area contributed by atoms with Crippen molar-refractivity contribution in [2.75, 3.05) is 25.0 Å². The van der Waals surface area contributed by atoms with E-state index >= 15 is 0 Å². The summed E-state index contributed by atoms with van der Waals surface area (Å²) < 4.78 is 63.5. The Hall–Kier alpha value is -3.24. The minimum atomic E-state index is -3.80. The maximum Gasteiger partial charge on any atom is 0.270 e. The number of fused-ring (bicyclic) bond motifs is 1. The predicted octanol–water partition coefficient (Wildman–Crippen LogP) is 5.21. The van der Waals surface area contributed by atoms with Gasteiger partial charge in [-0.3, -0.25) is 4.68 Å². The first-order chi connectivity index (χ1) is 17.1. The zero-order chi connectivity index (χ0) is 25.5. The van der Waals surface area contributed by atoms with Gasteiger partial charge >= 0.3 is 0 Å². The second-order valence-corrected chi connectivity index (χ2v) is 11.3. The highest BCUT2D eigenvalue weighted by Crippen LogP contribution is 2.34. The first-order valence-electron chi connectivity index (χ1n) is 11.8. The van der Waals surface area contributed by atoms with E-state index < -0.39 is 15.9 Å². The van der Waals surface area contributed by atoms with E-state index in [2.05, 4.69) is 4.90 Å². The average molecular weight is 515 g/mol. The number of sulfonamides is 1. The van der Waals surface area contributed by atoms with Crippen molar-refractivity contribution in [3.05, 3.63) is 77.7 Å². The summed E-state index contributed by atoms with van der Waals surface area (Å²) in [6.45, 7) is 2.76. The van der Waals surface area contributed by atoms with E-state index in [0.717, 1.165) is 32.9 Å². The number of anilines is 1. The van der Waals surface area contributed by atoms with Gasteiger partial charge in [-0.2, -0.15) is 9.40 Å². The van der Waals surface area contributed by atoms with Crippen LogP contribution in [0.25, 0.3) is 10.9 Å². The van der Waals surface area contributed by atoms with Crippen LogP contribution in [0.3, 0.4) is 0 Å². The summed E-state index contributed by atoms with van der Waals surface area (Å²) in [6, 6.07) is 14.8. The van der Waals surface area contributed by atoms with Crippen molar-refractivity contribution in [1.29, 1.82) is 0 Å². The van der Waals surface area contributed by atoms with Gasteiger partial charge in [0.2, 0.25) is 10.0 Å². The summed E-state index contributed by atoms with van der Waals surface area (Å²) in [5.74, 6) is -1.77. The van der Waals surface area contributed by atoms with Gasteiger partial charge in [-0.1, -0.05) is 24.3 Å². The molecule has 1 fully saturated rings. The SMILES string of the molecule is CN(Cc1ccco1)S(=O)(=O)c1ccc2c(c1)c(N1CCCC1)nn2Cc1ccccc1C(C)(F)F. The van der Waals surface area contributed by atoms with Crippen LogP contribution in [0.4, 0.5) is 14.6 Å². The van der Waals surface area contributed by atoms with Gasteiger partial charge in [-0.05, 0) is 48.7 Å². The van der Waals surface area contributed by atoms with Crippen molar-refractivity contribution in [3.8, 4) is 0 Å². The average Bonchev–Trinajstić information content (AvgIpc) is 3.60. The molecule has 7 nitrogen and oxygen atoms in total. The Morgan fingerprint density at radius 2 is 1.83 bits per heavy atom. The van der Waals surface area contributed by atoms with Gasteiger partial charge in [0.1, 0.15) is 5.76 Å². The Labute approximate surface area is 209 Å². The molecule has 0 radical (unpaired) electrons. The zero-order valence-corrected chi connectivity index (χ0v) is 21.0. The van der Waals surface area contributed by atoms with Gasteiger partial charge < -0.3 is 9.32 Å². The quantitative estimate of drug-likeness (QED) is 0.323. The third kappa shape index (κ3) is 4.62. The highest BCUT2D eigenvalue weighted by Gasteiger charge is 2.29. The topological polar surface area (TPSA) is 71.6 Å². The van der Waals surface area contributed by atoms with E-state index in [1.54, 1.807) is 53.2 Å². The molecule has 2 aromatic carbocycles. The molecule has 1 aliphatic heterocycles. The normalized spacial score (nSPS) is 14.9. The van der Waals surface area contributed by atoms with Crippen LogP contribution in [0.1, 0.15) is 36.7 Å². The van der Waals surface area contributed by atoms with Gasteiger partial charge in [0.15, 0.2) is 5.82 Å². The van der Waals surface area contributed by atoms with E-state index in [1.165, 1.54) is 23.7 Å². The molecule has 3 heterocycles. The Morgan fingerprint density at radius 1 is 1.08 bits per heavy atom. The highest BCUT2D eigenvalue weighted by atomic mass is 32.2. The number of alkyl halides is 2. The fourth-order valence-corrected chi connectivity index (χ4v) is 5.88. The van der Waals surface area contributed by atoms with Gasteiger partial charge in [0, 0.05) is 38.0 Å². The second-order valence-electron chi connectivity index (χ2n) is 9.24. The van der Waals surface area contributed by atoms with Crippen LogP contribution in [0.15, 0.2) is 70.2 Å². The minimum Gasteiger partial charge on any atom is -0.468 e. The molecular weight excluding hydrogens is 486 g/mol. The Balaban J connectivity index is 1.57. The smallest absolute Gasteiger partial charge is 0.270 e. The third-order valence-corrected chi connectivity index (χ3v) is 8.38. The standard InChI is InChI=1S/C26H28F2N4O3S/c1-26(27,28)23-10-4-3-8-19(23)17-32-24-12-11-21(16-22(24)25(29-32)31-13-5-6-14-31)36(33,34)30(2)18-20-9-7-15-35-20/h3-4,7-12,15-16H,5-6,13-14,17-18H2,1-2H3. The molecule has 1 aliphatic rings. The lowest BCUT2D eigenvalue weighted by Crippen LogP contribution is -2.26. The maximum absolute atomic E-state index is 14.3. The van der Waals surface area contributed by atoms with E-state index in [9.17, 15) is 17.2 Å². The molecule has 4 aromatic rings. The summed E-state index contributed by atoms with van der Waals surface area (Å²) in [6.07, 6.45) is 3.54. The Kier molecular flexibility index (Phi) is 6.34. The van der Waals surface area contributed by atoms with Crippen LogP contribution in [-0.4, -0.2) is 42.6 Å². The van der Waals surface area contributed by atoms with Crippen LogP contribution >= 0.6 is 0 Å². The molecule has 2 aromatic heterocycles. The molecule has 0 aliphatic carbocycles. The summed E-state index contributed by atoms with van der Waals surface area (Å²) in [5, 5.41) is 5.48. The molecule has 1 saturated heterocycles. The van der Waals surface area contributed by atoms with Crippen molar-refractivity contribution in [2.45, 2.75) is 43.7 Å². The van der Waals surface area contributed by atoms with Crippen LogP contribution in [-0.2, 0) is 29.0 Å². The molecule has 0 unspecified atom stereocenters. The molecule has 5 rings (SSSR count). The Bertz CT molecular complexity index is 1470. The number of benzene rings is 2.